The molecule has 0 atom stereocenters. The van der Waals surface area contributed by atoms with Crippen LogP contribution in [0, 0.1) is 10.1 Å². The largest absolute Gasteiger partial charge is 0.366 e. The fourth-order valence-electron chi connectivity index (χ4n) is 3.44. The van der Waals surface area contributed by atoms with E-state index in [1.807, 2.05) is 42.6 Å². The van der Waals surface area contributed by atoms with Gasteiger partial charge in [0.2, 0.25) is 0 Å². The number of rotatable bonds is 6. The molecular formula is C22H24N6O2. The van der Waals surface area contributed by atoms with Gasteiger partial charge in [-0.25, -0.2) is 9.97 Å². The summed E-state index contributed by atoms with van der Waals surface area (Å²) < 4.78 is 0. The highest BCUT2D eigenvalue weighted by molar-refractivity contribution is 5.71. The Morgan fingerprint density at radius 2 is 1.80 bits per heavy atom. The van der Waals surface area contributed by atoms with Crippen LogP contribution in [0.5, 0.6) is 0 Å². The lowest BCUT2D eigenvalue weighted by molar-refractivity contribution is -0.384. The molecule has 8 heteroatoms. The first-order valence-electron chi connectivity index (χ1n) is 9.93. The maximum Gasteiger partial charge on any atom is 0.295 e. The van der Waals surface area contributed by atoms with Gasteiger partial charge in [-0.15, -0.1) is 0 Å². The first-order chi connectivity index (χ1) is 14.6. The van der Waals surface area contributed by atoms with Crippen molar-refractivity contribution in [3.8, 4) is 11.3 Å². The minimum atomic E-state index is -0.403. The average molecular weight is 404 g/mol. The highest BCUT2D eigenvalue weighted by atomic mass is 16.6. The normalized spacial score (nSPS) is 14.5. The van der Waals surface area contributed by atoms with E-state index in [1.165, 1.54) is 6.07 Å². The van der Waals surface area contributed by atoms with E-state index in [1.54, 1.807) is 6.07 Å². The number of pyridine rings is 2. The van der Waals surface area contributed by atoms with Crippen molar-refractivity contribution in [2.75, 3.05) is 43.4 Å². The molecule has 0 spiro atoms. The third-order valence-electron chi connectivity index (χ3n) is 5.23. The van der Waals surface area contributed by atoms with Crippen LogP contribution in [0.3, 0.4) is 0 Å². The summed E-state index contributed by atoms with van der Waals surface area (Å²) in [5.41, 5.74) is 2.08. The Labute approximate surface area is 175 Å². The monoisotopic (exact) mass is 404 g/mol. The Balaban J connectivity index is 1.45. The molecule has 0 unspecified atom stereocenters. The Morgan fingerprint density at radius 3 is 2.47 bits per heavy atom. The molecule has 30 heavy (non-hydrogen) atoms. The number of nitro groups is 1. The van der Waals surface area contributed by atoms with Gasteiger partial charge in [0.1, 0.15) is 11.6 Å². The summed E-state index contributed by atoms with van der Waals surface area (Å²) in [6, 6.07) is 16.4. The quantitative estimate of drug-likeness (QED) is 0.497. The lowest BCUT2D eigenvalue weighted by Gasteiger charge is -2.33. The van der Waals surface area contributed by atoms with E-state index in [-0.39, 0.29) is 5.69 Å². The van der Waals surface area contributed by atoms with Crippen molar-refractivity contribution in [1.29, 1.82) is 0 Å². The van der Waals surface area contributed by atoms with Crippen molar-refractivity contribution >= 4 is 17.3 Å². The Bertz CT molecular complexity index is 1000. The minimum Gasteiger partial charge on any atom is -0.366 e. The number of hydrogen-bond donors (Lipinski definition) is 1. The van der Waals surface area contributed by atoms with Gasteiger partial charge < -0.3 is 15.1 Å². The van der Waals surface area contributed by atoms with Crippen LogP contribution in [0.1, 0.15) is 5.56 Å². The molecule has 3 aromatic rings. The number of nitrogens with one attached hydrogen (secondary N) is 1. The minimum absolute atomic E-state index is 0.00931. The lowest BCUT2D eigenvalue weighted by Crippen LogP contribution is -2.44. The van der Waals surface area contributed by atoms with E-state index < -0.39 is 4.92 Å². The van der Waals surface area contributed by atoms with E-state index in [0.29, 0.717) is 23.6 Å². The number of nitrogens with zero attached hydrogens (tertiary/aromatic N) is 5. The zero-order valence-corrected chi connectivity index (χ0v) is 16.9. The molecule has 0 amide bonds. The zero-order valence-electron chi connectivity index (χ0n) is 16.9. The highest BCUT2D eigenvalue weighted by Gasteiger charge is 2.18. The molecule has 1 fully saturated rings. The summed E-state index contributed by atoms with van der Waals surface area (Å²) >= 11 is 0. The molecule has 2 aromatic heterocycles. The van der Waals surface area contributed by atoms with Gasteiger partial charge in [0.05, 0.1) is 4.92 Å². The van der Waals surface area contributed by atoms with Crippen LogP contribution in [0.2, 0.25) is 0 Å². The molecule has 1 aromatic carbocycles. The second-order valence-electron chi connectivity index (χ2n) is 7.36. The van der Waals surface area contributed by atoms with E-state index in [4.69, 9.17) is 0 Å². The van der Waals surface area contributed by atoms with E-state index in [9.17, 15) is 10.1 Å². The predicted octanol–water partition coefficient (Wildman–Crippen LogP) is 3.42. The number of aromatic nitrogens is 2. The van der Waals surface area contributed by atoms with Gasteiger partial charge in [0, 0.05) is 50.6 Å². The topological polar surface area (TPSA) is 87.4 Å². The van der Waals surface area contributed by atoms with Crippen LogP contribution in [0.25, 0.3) is 11.3 Å². The third-order valence-corrected chi connectivity index (χ3v) is 5.23. The van der Waals surface area contributed by atoms with Gasteiger partial charge in [0.25, 0.3) is 5.69 Å². The summed E-state index contributed by atoms with van der Waals surface area (Å²) in [4.78, 5) is 24.7. The van der Waals surface area contributed by atoms with Crippen molar-refractivity contribution in [3.63, 3.8) is 0 Å². The molecular weight excluding hydrogens is 380 g/mol. The fraction of sp³-hybridized carbons (Fsp3) is 0.273. The zero-order chi connectivity index (χ0) is 20.9. The van der Waals surface area contributed by atoms with Gasteiger partial charge in [-0.3, -0.25) is 10.1 Å². The summed E-state index contributed by atoms with van der Waals surface area (Å²) in [6.45, 7) is 4.59. The Hall–Kier alpha value is -3.52. The SMILES string of the molecule is CN1CCN(c2ccc(CNc3ccc([N+](=O)[O-])c(-c4ccccc4)n3)cn2)CC1. The molecule has 154 valence electrons. The number of benzene rings is 1. The molecule has 3 heterocycles. The molecule has 0 radical (unpaired) electrons. The van der Waals surface area contributed by atoms with Crippen LogP contribution >= 0.6 is 0 Å². The van der Waals surface area contributed by atoms with Crippen molar-refractivity contribution in [2.45, 2.75) is 6.54 Å². The van der Waals surface area contributed by atoms with Crippen molar-refractivity contribution in [3.05, 3.63) is 76.5 Å². The second kappa shape index (κ2) is 8.87. The lowest BCUT2D eigenvalue weighted by atomic mass is 10.1. The number of likely N-dealkylation sites (N-methyl/N-ethyl adjacent to an activating group) is 1. The first-order valence-corrected chi connectivity index (χ1v) is 9.93. The van der Waals surface area contributed by atoms with Crippen LogP contribution in [-0.2, 0) is 6.54 Å². The fourth-order valence-corrected chi connectivity index (χ4v) is 3.44. The van der Waals surface area contributed by atoms with Crippen LogP contribution < -0.4 is 10.2 Å². The van der Waals surface area contributed by atoms with Crippen LogP contribution in [-0.4, -0.2) is 53.0 Å². The van der Waals surface area contributed by atoms with Crippen molar-refractivity contribution in [1.82, 2.24) is 14.9 Å². The Morgan fingerprint density at radius 1 is 1.03 bits per heavy atom. The molecule has 1 aliphatic rings. The number of anilines is 2. The standard InChI is InChI=1S/C22H24N6O2/c1-26-11-13-27(14-12-26)21-10-7-17(16-24-21)15-23-20-9-8-19(28(29)30)22(25-20)18-5-3-2-4-6-18/h2-10,16H,11-15H2,1H3,(H,23,25). The predicted molar refractivity (Wildman–Crippen MR) is 118 cm³/mol. The summed E-state index contributed by atoms with van der Waals surface area (Å²) in [5, 5.41) is 14.6. The smallest absolute Gasteiger partial charge is 0.295 e. The third kappa shape index (κ3) is 4.55. The van der Waals surface area contributed by atoms with Gasteiger partial charge in [-0.1, -0.05) is 36.4 Å². The maximum absolute atomic E-state index is 11.4. The van der Waals surface area contributed by atoms with Gasteiger partial charge in [-0.05, 0) is 24.7 Å². The highest BCUT2D eigenvalue weighted by Crippen LogP contribution is 2.29. The molecule has 0 saturated carbocycles. The van der Waals surface area contributed by atoms with Crippen molar-refractivity contribution < 1.29 is 4.92 Å². The first kappa shape index (κ1) is 19.8. The molecule has 1 aliphatic heterocycles. The van der Waals surface area contributed by atoms with Gasteiger partial charge >= 0.3 is 0 Å². The summed E-state index contributed by atoms with van der Waals surface area (Å²) in [5.74, 6) is 1.58. The molecule has 1 saturated heterocycles. The van der Waals surface area contributed by atoms with Crippen LogP contribution in [0.15, 0.2) is 60.8 Å². The molecule has 4 rings (SSSR count). The van der Waals surface area contributed by atoms with Gasteiger partial charge in [0.15, 0.2) is 5.69 Å². The summed E-state index contributed by atoms with van der Waals surface area (Å²) in [6.07, 6.45) is 1.87. The summed E-state index contributed by atoms with van der Waals surface area (Å²) in [7, 11) is 2.13. The second-order valence-corrected chi connectivity index (χ2v) is 7.36. The van der Waals surface area contributed by atoms with E-state index in [2.05, 4.69) is 38.2 Å². The molecule has 0 bridgehead atoms. The molecule has 8 nitrogen and oxygen atoms in total. The number of piperazine rings is 1. The molecule has 0 aliphatic carbocycles. The van der Waals surface area contributed by atoms with E-state index >= 15 is 0 Å². The number of hydrogen-bond acceptors (Lipinski definition) is 7. The maximum atomic E-state index is 11.4. The molecule has 1 N–H and O–H groups in total. The Kier molecular flexibility index (Phi) is 5.85. The van der Waals surface area contributed by atoms with Crippen LogP contribution in [0.4, 0.5) is 17.3 Å². The van der Waals surface area contributed by atoms with Crippen molar-refractivity contribution in [2.24, 2.45) is 0 Å². The van der Waals surface area contributed by atoms with E-state index in [0.717, 1.165) is 37.6 Å². The average Bonchev–Trinajstić information content (AvgIpc) is 2.79. The van der Waals surface area contributed by atoms with Gasteiger partial charge in [-0.2, -0.15) is 0 Å².